The summed E-state index contributed by atoms with van der Waals surface area (Å²) in [6.45, 7) is 4.40. The standard InChI is InChI=1S/C28H52N10O9S/c1-14(2)12-19(37-25(44)18(9-11-48-4)36-23(42)16(29)6-5-10-33-28(31)32)24(43)34-13-21(41)35-17(7-8-20(30)40)26(45)38-22(15(3)39)27(46)47/h14-19,22,39H,5-13,29H2,1-4H3,(H2,30,40)(H,34,43)(H,35,41)(H,36,42)(H,37,44)(H,38,45)(H,46,47)(H4,31,32,33)/t15-,16+,17+,18+,19+,22+/m1/s1. The lowest BCUT2D eigenvalue weighted by Crippen LogP contribution is -2.57. The van der Waals surface area contributed by atoms with E-state index in [1.165, 1.54) is 11.8 Å². The topological polar surface area (TPSA) is 337 Å². The van der Waals surface area contributed by atoms with E-state index in [0.29, 0.717) is 12.2 Å². The van der Waals surface area contributed by atoms with Gasteiger partial charge in [0.25, 0.3) is 0 Å². The van der Waals surface area contributed by atoms with Gasteiger partial charge in [-0.05, 0) is 57.0 Å². The molecular formula is C28H52N10O9S. The number of aliphatic hydroxyl groups excluding tert-OH is 1. The van der Waals surface area contributed by atoms with Crippen LogP contribution in [0.25, 0.3) is 0 Å². The van der Waals surface area contributed by atoms with E-state index in [9.17, 15) is 43.8 Å². The van der Waals surface area contributed by atoms with Crippen LogP contribution in [-0.4, -0.2) is 119 Å². The van der Waals surface area contributed by atoms with Crippen LogP contribution in [0.3, 0.4) is 0 Å². The molecule has 0 rings (SSSR count). The number of nitrogens with zero attached hydrogens (tertiary/aromatic N) is 1. The molecule has 0 aliphatic rings. The Labute approximate surface area is 283 Å². The van der Waals surface area contributed by atoms with Crippen molar-refractivity contribution in [1.29, 1.82) is 0 Å². The summed E-state index contributed by atoms with van der Waals surface area (Å²) in [6.07, 6.45) is 0.825. The van der Waals surface area contributed by atoms with E-state index in [1.54, 1.807) is 0 Å². The molecule has 0 bridgehead atoms. The normalized spacial score (nSPS) is 14.6. The van der Waals surface area contributed by atoms with Gasteiger partial charge in [0.15, 0.2) is 12.0 Å². The lowest BCUT2D eigenvalue weighted by Gasteiger charge is -2.25. The second kappa shape index (κ2) is 23.2. The van der Waals surface area contributed by atoms with Crippen molar-refractivity contribution in [2.24, 2.45) is 33.8 Å². The molecule has 0 saturated heterocycles. The predicted octanol–water partition coefficient (Wildman–Crippen LogP) is -4.05. The fourth-order valence-electron chi connectivity index (χ4n) is 4.14. The van der Waals surface area contributed by atoms with Crippen molar-refractivity contribution in [3.63, 3.8) is 0 Å². The van der Waals surface area contributed by atoms with Crippen molar-refractivity contribution in [2.75, 3.05) is 25.1 Å². The number of hydrogen-bond donors (Lipinski definition) is 11. The summed E-state index contributed by atoms with van der Waals surface area (Å²) in [4.78, 5) is 91.1. The number of carbonyl (C=O) groups is 7. The monoisotopic (exact) mass is 704 g/mol. The van der Waals surface area contributed by atoms with Gasteiger partial charge in [0.1, 0.15) is 18.1 Å². The third kappa shape index (κ3) is 18.8. The Kier molecular flexibility index (Phi) is 21.2. The molecule has 0 spiro atoms. The lowest BCUT2D eigenvalue weighted by molar-refractivity contribution is -0.145. The minimum atomic E-state index is -1.69. The Hall–Kier alpha value is -4.17. The second-order valence-corrected chi connectivity index (χ2v) is 12.5. The molecule has 0 heterocycles. The van der Waals surface area contributed by atoms with E-state index in [1.807, 2.05) is 20.1 Å². The van der Waals surface area contributed by atoms with Crippen molar-refractivity contribution >= 4 is 59.1 Å². The third-order valence-corrected chi connectivity index (χ3v) is 7.33. The first-order valence-corrected chi connectivity index (χ1v) is 16.8. The van der Waals surface area contributed by atoms with Crippen LogP contribution in [0.2, 0.25) is 0 Å². The van der Waals surface area contributed by atoms with Gasteiger partial charge in [0.2, 0.25) is 35.4 Å². The highest BCUT2D eigenvalue weighted by Crippen LogP contribution is 2.08. The van der Waals surface area contributed by atoms with E-state index in [0.717, 1.165) is 6.92 Å². The number of carbonyl (C=O) groups excluding carboxylic acids is 6. The molecule has 0 aromatic carbocycles. The maximum Gasteiger partial charge on any atom is 0.328 e. The molecule has 15 N–H and O–H groups in total. The number of amides is 6. The van der Waals surface area contributed by atoms with Gasteiger partial charge in [0.05, 0.1) is 18.7 Å². The molecule has 6 amide bonds. The van der Waals surface area contributed by atoms with Gasteiger partial charge in [-0.15, -0.1) is 0 Å². The number of nitrogens with two attached hydrogens (primary N) is 4. The van der Waals surface area contributed by atoms with Gasteiger partial charge in [-0.1, -0.05) is 13.8 Å². The molecular weight excluding hydrogens is 652 g/mol. The largest absolute Gasteiger partial charge is 0.480 e. The molecule has 0 saturated carbocycles. The lowest BCUT2D eigenvalue weighted by atomic mass is 10.0. The average molecular weight is 705 g/mol. The molecule has 0 radical (unpaired) electrons. The Morgan fingerprint density at radius 1 is 0.792 bits per heavy atom. The molecule has 0 aliphatic carbocycles. The SMILES string of the molecule is CSCC[C@H](NC(=O)[C@@H](N)CCCN=C(N)N)C(=O)N[C@@H](CC(C)C)C(=O)NCC(=O)N[C@@H](CCC(N)=O)C(=O)N[C@H](C(=O)O)[C@@H](C)O. The summed E-state index contributed by atoms with van der Waals surface area (Å²) in [5.74, 6) is -5.77. The van der Waals surface area contributed by atoms with Crippen molar-refractivity contribution in [3.05, 3.63) is 0 Å². The summed E-state index contributed by atoms with van der Waals surface area (Å²) < 4.78 is 0. The third-order valence-electron chi connectivity index (χ3n) is 6.69. The van der Waals surface area contributed by atoms with Crippen molar-refractivity contribution < 1.29 is 43.8 Å². The van der Waals surface area contributed by atoms with E-state index in [-0.39, 0.29) is 50.5 Å². The molecule has 48 heavy (non-hydrogen) atoms. The maximum atomic E-state index is 13.3. The summed E-state index contributed by atoms with van der Waals surface area (Å²) >= 11 is 1.45. The second-order valence-electron chi connectivity index (χ2n) is 11.5. The van der Waals surface area contributed by atoms with Gasteiger partial charge >= 0.3 is 5.97 Å². The van der Waals surface area contributed by atoms with Crippen LogP contribution in [-0.2, 0) is 33.6 Å². The molecule has 19 nitrogen and oxygen atoms in total. The fourth-order valence-corrected chi connectivity index (χ4v) is 4.61. The number of aliphatic hydroxyl groups is 1. The minimum Gasteiger partial charge on any atom is -0.480 e. The number of nitrogens with one attached hydrogen (secondary N) is 5. The van der Waals surface area contributed by atoms with Crippen LogP contribution in [0, 0.1) is 5.92 Å². The number of hydrogen-bond acceptors (Lipinski definition) is 11. The van der Waals surface area contributed by atoms with E-state index < -0.39 is 84.3 Å². The molecule has 0 fully saturated rings. The highest BCUT2D eigenvalue weighted by molar-refractivity contribution is 7.98. The van der Waals surface area contributed by atoms with Gasteiger partial charge in [0, 0.05) is 13.0 Å². The Balaban J connectivity index is 5.55. The van der Waals surface area contributed by atoms with E-state index in [4.69, 9.17) is 22.9 Å². The fraction of sp³-hybridized carbons (Fsp3) is 0.714. The highest BCUT2D eigenvalue weighted by atomic mass is 32.2. The van der Waals surface area contributed by atoms with Crippen LogP contribution in [0.5, 0.6) is 0 Å². The Morgan fingerprint density at radius 3 is 1.90 bits per heavy atom. The highest BCUT2D eigenvalue weighted by Gasteiger charge is 2.31. The Bertz CT molecular complexity index is 1140. The molecule has 20 heteroatoms. The van der Waals surface area contributed by atoms with Gasteiger partial charge < -0.3 is 59.7 Å². The molecule has 0 aromatic heterocycles. The van der Waals surface area contributed by atoms with Crippen molar-refractivity contribution in [3.8, 4) is 0 Å². The van der Waals surface area contributed by atoms with Crippen LogP contribution in [0.15, 0.2) is 4.99 Å². The number of guanidine groups is 1. The predicted molar refractivity (Wildman–Crippen MR) is 179 cm³/mol. The number of primary amides is 1. The van der Waals surface area contributed by atoms with E-state index >= 15 is 0 Å². The average Bonchev–Trinajstić information content (AvgIpc) is 2.99. The number of thioether (sulfide) groups is 1. The minimum absolute atomic E-state index is 0.0780. The molecule has 274 valence electrons. The van der Waals surface area contributed by atoms with Crippen molar-refractivity contribution in [2.45, 2.75) is 95.6 Å². The Morgan fingerprint density at radius 2 is 1.38 bits per heavy atom. The maximum absolute atomic E-state index is 13.3. The van der Waals surface area contributed by atoms with Crippen LogP contribution in [0.4, 0.5) is 0 Å². The first kappa shape index (κ1) is 43.8. The number of carboxylic acids is 1. The van der Waals surface area contributed by atoms with Crippen LogP contribution in [0.1, 0.15) is 59.3 Å². The zero-order chi connectivity index (χ0) is 37.0. The smallest absolute Gasteiger partial charge is 0.328 e. The van der Waals surface area contributed by atoms with Crippen molar-refractivity contribution in [1.82, 2.24) is 26.6 Å². The summed E-state index contributed by atoms with van der Waals surface area (Å²) in [6, 6.07) is -6.18. The molecule has 6 atom stereocenters. The summed E-state index contributed by atoms with van der Waals surface area (Å²) in [5, 5.41) is 31.0. The molecule has 0 unspecified atom stereocenters. The number of aliphatic carboxylic acids is 1. The summed E-state index contributed by atoms with van der Waals surface area (Å²) in [5.41, 5.74) is 21.7. The zero-order valence-corrected chi connectivity index (χ0v) is 28.6. The number of rotatable bonds is 24. The van der Waals surface area contributed by atoms with Crippen LogP contribution >= 0.6 is 11.8 Å². The number of carboxylic acid groups (broad SMARTS) is 1. The molecule has 0 aromatic rings. The van der Waals surface area contributed by atoms with E-state index in [2.05, 4.69) is 31.6 Å². The molecule has 0 aliphatic heterocycles. The van der Waals surface area contributed by atoms with Crippen LogP contribution < -0.4 is 49.5 Å². The number of aliphatic imine (C=N–C) groups is 1. The first-order valence-electron chi connectivity index (χ1n) is 15.4. The van der Waals surface area contributed by atoms with Gasteiger partial charge in [-0.25, -0.2) is 4.79 Å². The zero-order valence-electron chi connectivity index (χ0n) is 27.8. The quantitative estimate of drug-likeness (QED) is 0.0259. The summed E-state index contributed by atoms with van der Waals surface area (Å²) in [7, 11) is 0. The van der Waals surface area contributed by atoms with Gasteiger partial charge in [-0.3, -0.25) is 33.8 Å². The first-order chi connectivity index (χ1) is 22.4. The van der Waals surface area contributed by atoms with Gasteiger partial charge in [-0.2, -0.15) is 11.8 Å².